The summed E-state index contributed by atoms with van der Waals surface area (Å²) >= 11 is 0. The molecule has 3 N–H and O–H groups in total. The lowest BCUT2D eigenvalue weighted by Crippen LogP contribution is -2.14. The van der Waals surface area contributed by atoms with E-state index in [0.717, 1.165) is 10.9 Å². The Bertz CT molecular complexity index is 788. The summed E-state index contributed by atoms with van der Waals surface area (Å²) in [7, 11) is 1.69. The molecule has 1 aromatic carbocycles. The molecule has 1 amide bonds. The van der Waals surface area contributed by atoms with Gasteiger partial charge in [-0.25, -0.2) is 0 Å². The topological polar surface area (TPSA) is 85.8 Å². The van der Waals surface area contributed by atoms with Gasteiger partial charge in [0, 0.05) is 18.6 Å². The van der Waals surface area contributed by atoms with Crippen LogP contribution in [-0.4, -0.2) is 20.7 Å². The van der Waals surface area contributed by atoms with Gasteiger partial charge in [0.05, 0.1) is 17.4 Å². The second kappa shape index (κ2) is 4.65. The van der Waals surface area contributed by atoms with E-state index in [1.807, 2.05) is 24.3 Å². The van der Waals surface area contributed by atoms with Gasteiger partial charge in [-0.15, -0.1) is 0 Å². The number of hydrogen-bond acceptors (Lipinski definition) is 4. The maximum atomic E-state index is 12.2. The van der Waals surface area contributed by atoms with E-state index >= 15 is 0 Å². The van der Waals surface area contributed by atoms with Crippen LogP contribution in [0.1, 0.15) is 10.4 Å². The smallest absolute Gasteiger partial charge is 0.261 e. The Labute approximate surface area is 115 Å². The van der Waals surface area contributed by atoms with E-state index in [0.29, 0.717) is 17.1 Å². The third kappa shape index (κ3) is 1.97. The molecule has 3 aromatic rings. The molecule has 0 aliphatic heterocycles. The van der Waals surface area contributed by atoms with Crippen molar-refractivity contribution in [3.63, 3.8) is 0 Å². The van der Waals surface area contributed by atoms with Crippen LogP contribution in [-0.2, 0) is 7.05 Å². The maximum Gasteiger partial charge on any atom is 0.261 e. The van der Waals surface area contributed by atoms with Crippen molar-refractivity contribution < 1.29 is 4.79 Å². The number of aromatic nitrogens is 3. The number of anilines is 2. The quantitative estimate of drug-likeness (QED) is 0.741. The fraction of sp³-hybridized carbons (Fsp3) is 0.0714. The molecule has 3 rings (SSSR count). The van der Waals surface area contributed by atoms with Gasteiger partial charge in [-0.1, -0.05) is 18.2 Å². The van der Waals surface area contributed by atoms with Gasteiger partial charge < -0.3 is 11.1 Å². The highest BCUT2D eigenvalue weighted by atomic mass is 16.1. The largest absolute Gasteiger partial charge is 0.383 e. The monoisotopic (exact) mass is 267 g/mol. The van der Waals surface area contributed by atoms with Crippen molar-refractivity contribution in [3.05, 3.63) is 48.3 Å². The van der Waals surface area contributed by atoms with Gasteiger partial charge >= 0.3 is 0 Å². The van der Waals surface area contributed by atoms with Crippen molar-refractivity contribution in [1.82, 2.24) is 14.8 Å². The Balaban J connectivity index is 1.97. The van der Waals surface area contributed by atoms with Gasteiger partial charge in [-0.2, -0.15) is 5.10 Å². The number of benzene rings is 1. The number of nitrogens with one attached hydrogen (secondary N) is 1. The maximum absolute atomic E-state index is 12.2. The molecule has 6 heteroatoms. The van der Waals surface area contributed by atoms with Crippen LogP contribution in [0, 0.1) is 0 Å². The molecule has 100 valence electrons. The van der Waals surface area contributed by atoms with Crippen LogP contribution in [0.4, 0.5) is 11.5 Å². The van der Waals surface area contributed by atoms with E-state index in [4.69, 9.17) is 5.73 Å². The number of amides is 1. The van der Waals surface area contributed by atoms with E-state index in [2.05, 4.69) is 15.4 Å². The fourth-order valence-electron chi connectivity index (χ4n) is 2.02. The first-order chi connectivity index (χ1) is 9.66. The van der Waals surface area contributed by atoms with Crippen molar-refractivity contribution in [2.24, 2.45) is 7.05 Å². The molecule has 0 fully saturated rings. The van der Waals surface area contributed by atoms with Gasteiger partial charge in [0.25, 0.3) is 5.91 Å². The van der Waals surface area contributed by atoms with Gasteiger partial charge in [-0.3, -0.25) is 14.5 Å². The number of hydrogen-bond donors (Lipinski definition) is 2. The minimum Gasteiger partial charge on any atom is -0.383 e. The Morgan fingerprint density at radius 3 is 2.85 bits per heavy atom. The molecule has 20 heavy (non-hydrogen) atoms. The predicted molar refractivity (Wildman–Crippen MR) is 77.3 cm³/mol. The van der Waals surface area contributed by atoms with Crippen molar-refractivity contribution in [1.29, 1.82) is 0 Å². The van der Waals surface area contributed by atoms with Crippen LogP contribution in [0.15, 0.2) is 42.7 Å². The first kappa shape index (κ1) is 12.2. The Hall–Kier alpha value is -2.89. The lowest BCUT2D eigenvalue weighted by molar-refractivity contribution is 0.102. The Morgan fingerprint density at radius 1 is 1.30 bits per heavy atom. The van der Waals surface area contributed by atoms with Crippen LogP contribution >= 0.6 is 0 Å². The highest BCUT2D eigenvalue weighted by Gasteiger charge is 2.14. The Kier molecular flexibility index (Phi) is 2.83. The van der Waals surface area contributed by atoms with Crippen molar-refractivity contribution >= 4 is 28.3 Å². The first-order valence-corrected chi connectivity index (χ1v) is 6.09. The van der Waals surface area contributed by atoms with E-state index in [9.17, 15) is 4.79 Å². The molecule has 0 bridgehead atoms. The zero-order valence-corrected chi connectivity index (χ0v) is 10.9. The normalized spacial score (nSPS) is 10.7. The summed E-state index contributed by atoms with van der Waals surface area (Å²) in [6, 6.07) is 9.41. The second-order valence-corrected chi connectivity index (χ2v) is 4.40. The molecule has 0 atom stereocenters. The highest BCUT2D eigenvalue weighted by molar-refractivity contribution is 6.10. The lowest BCUT2D eigenvalue weighted by Gasteiger charge is -2.07. The van der Waals surface area contributed by atoms with E-state index in [-0.39, 0.29) is 5.91 Å². The number of nitrogen functional groups attached to an aromatic ring is 1. The molecule has 0 unspecified atom stereocenters. The molecule has 0 saturated heterocycles. The highest BCUT2D eigenvalue weighted by Crippen LogP contribution is 2.22. The molecule has 0 radical (unpaired) electrons. The third-order valence-electron chi connectivity index (χ3n) is 3.11. The van der Waals surface area contributed by atoms with Crippen LogP contribution in [0.5, 0.6) is 0 Å². The number of rotatable bonds is 2. The number of aryl methyl sites for hydroxylation is 1. The number of pyridine rings is 1. The van der Waals surface area contributed by atoms with Crippen molar-refractivity contribution in [2.75, 3.05) is 11.1 Å². The molecule has 2 aromatic heterocycles. The first-order valence-electron chi connectivity index (χ1n) is 6.09. The fourth-order valence-corrected chi connectivity index (χ4v) is 2.02. The van der Waals surface area contributed by atoms with Gasteiger partial charge in [-0.05, 0) is 12.1 Å². The van der Waals surface area contributed by atoms with Crippen LogP contribution in [0.25, 0.3) is 10.9 Å². The third-order valence-corrected chi connectivity index (χ3v) is 3.11. The average Bonchev–Trinajstić information content (AvgIpc) is 2.79. The van der Waals surface area contributed by atoms with Crippen molar-refractivity contribution in [2.45, 2.75) is 0 Å². The molecule has 0 aliphatic carbocycles. The molecular weight excluding hydrogens is 254 g/mol. The second-order valence-electron chi connectivity index (χ2n) is 4.40. The van der Waals surface area contributed by atoms with Crippen LogP contribution < -0.4 is 11.1 Å². The number of fused-ring (bicyclic) bond motifs is 1. The minimum atomic E-state index is -0.297. The van der Waals surface area contributed by atoms with Crippen LogP contribution in [0.2, 0.25) is 0 Å². The van der Waals surface area contributed by atoms with E-state index < -0.39 is 0 Å². The van der Waals surface area contributed by atoms with Gasteiger partial charge in [0.2, 0.25) is 0 Å². The van der Waals surface area contributed by atoms with E-state index in [1.165, 1.54) is 10.9 Å². The van der Waals surface area contributed by atoms with Crippen molar-refractivity contribution in [3.8, 4) is 0 Å². The summed E-state index contributed by atoms with van der Waals surface area (Å²) in [6.45, 7) is 0. The van der Waals surface area contributed by atoms with Gasteiger partial charge in [0.15, 0.2) is 0 Å². The molecule has 0 spiro atoms. The number of nitrogens with two attached hydrogens (primary N) is 1. The zero-order valence-electron chi connectivity index (χ0n) is 10.9. The zero-order chi connectivity index (χ0) is 14.1. The lowest BCUT2D eigenvalue weighted by atomic mass is 10.2. The molecule has 0 saturated carbocycles. The summed E-state index contributed by atoms with van der Waals surface area (Å²) < 4.78 is 1.45. The summed E-state index contributed by atoms with van der Waals surface area (Å²) in [5, 5.41) is 7.74. The number of carbonyl (C=O) groups is 1. The molecule has 0 aliphatic rings. The molecule has 2 heterocycles. The molecule has 6 nitrogen and oxygen atoms in total. The number of para-hydroxylation sites is 1. The summed E-state index contributed by atoms with van der Waals surface area (Å²) in [5.41, 5.74) is 7.53. The summed E-state index contributed by atoms with van der Waals surface area (Å²) in [4.78, 5) is 16.5. The minimum absolute atomic E-state index is 0.297. The van der Waals surface area contributed by atoms with Gasteiger partial charge in [0.1, 0.15) is 11.4 Å². The average molecular weight is 267 g/mol. The number of nitrogens with zero attached hydrogens (tertiary/aromatic N) is 3. The summed E-state index contributed by atoms with van der Waals surface area (Å²) in [6.07, 6.45) is 3.14. The Morgan fingerprint density at radius 2 is 2.10 bits per heavy atom. The van der Waals surface area contributed by atoms with E-state index in [1.54, 1.807) is 19.3 Å². The summed E-state index contributed by atoms with van der Waals surface area (Å²) in [5.74, 6) is 0.0319. The SMILES string of the molecule is Cn1ncc(C(=O)Nc2cccc3cccnc23)c1N. The number of carbonyl (C=O) groups excluding carboxylic acids is 1. The predicted octanol–water partition coefficient (Wildman–Crippen LogP) is 1.80. The standard InChI is InChI=1S/C14H13N5O/c1-19-13(15)10(8-17-19)14(20)18-11-6-2-4-9-5-3-7-16-12(9)11/h2-8H,15H2,1H3,(H,18,20). The van der Waals surface area contributed by atoms with Crippen LogP contribution in [0.3, 0.4) is 0 Å². The molecular formula is C14H13N5O.